The van der Waals surface area contributed by atoms with E-state index in [-0.39, 0.29) is 11.5 Å². The molecule has 6 nitrogen and oxygen atoms in total. The van der Waals surface area contributed by atoms with E-state index < -0.39 is 0 Å². The number of carbonyl (C=O) groups is 1. The van der Waals surface area contributed by atoms with Gasteiger partial charge in [-0.1, -0.05) is 6.92 Å². The highest BCUT2D eigenvalue weighted by atomic mass is 16.5. The van der Waals surface area contributed by atoms with Gasteiger partial charge in [0.05, 0.1) is 18.0 Å². The summed E-state index contributed by atoms with van der Waals surface area (Å²) < 4.78 is 11.8. The zero-order chi connectivity index (χ0) is 18.4. The Kier molecular flexibility index (Phi) is 4.53. The number of hydrogen-bond acceptors (Lipinski definition) is 5. The van der Waals surface area contributed by atoms with E-state index in [1.165, 1.54) is 38.9 Å². The van der Waals surface area contributed by atoms with Gasteiger partial charge in [0.1, 0.15) is 0 Å². The van der Waals surface area contributed by atoms with Gasteiger partial charge in [0.25, 0.3) is 5.91 Å². The topological polar surface area (TPSA) is 58.0 Å². The Morgan fingerprint density at radius 2 is 2.19 bits per heavy atom. The fraction of sp³-hybridized carbons (Fsp3) is 0.762. The van der Waals surface area contributed by atoms with Crippen LogP contribution >= 0.6 is 0 Å². The number of furan rings is 1. The molecule has 1 aromatic heterocycles. The third-order valence-electron chi connectivity index (χ3n) is 7.57. The van der Waals surface area contributed by atoms with Crippen molar-refractivity contribution in [3.05, 3.63) is 24.2 Å². The smallest absolute Gasteiger partial charge is 0.286 e. The van der Waals surface area contributed by atoms with Crippen LogP contribution in [-0.2, 0) is 4.74 Å². The first-order valence-electron chi connectivity index (χ1n) is 10.6. The number of carbonyl (C=O) groups excluding carboxylic acids is 1. The number of likely N-dealkylation sites (tertiary alicyclic amines) is 2. The molecule has 5 rings (SSSR count). The molecule has 0 saturated carbocycles. The van der Waals surface area contributed by atoms with Gasteiger partial charge in [-0.15, -0.1) is 0 Å². The van der Waals surface area contributed by atoms with E-state index in [2.05, 4.69) is 22.0 Å². The maximum Gasteiger partial charge on any atom is 0.286 e. The van der Waals surface area contributed by atoms with Crippen LogP contribution in [0.25, 0.3) is 0 Å². The second kappa shape index (κ2) is 6.90. The number of piperidine rings is 1. The first-order chi connectivity index (χ1) is 13.2. The second-order valence-electron chi connectivity index (χ2n) is 8.81. The molecule has 1 amide bonds. The monoisotopic (exact) mass is 373 g/mol. The molecule has 1 N–H and O–H groups in total. The van der Waals surface area contributed by atoms with Crippen LogP contribution in [0.1, 0.15) is 43.2 Å². The van der Waals surface area contributed by atoms with Crippen LogP contribution in [0.3, 0.4) is 0 Å². The van der Waals surface area contributed by atoms with Gasteiger partial charge >= 0.3 is 0 Å². The summed E-state index contributed by atoms with van der Waals surface area (Å²) in [6.45, 7) is 8.79. The molecule has 2 bridgehead atoms. The Morgan fingerprint density at radius 1 is 1.33 bits per heavy atom. The summed E-state index contributed by atoms with van der Waals surface area (Å²) in [5.41, 5.74) is 0.0482. The molecule has 0 aliphatic carbocycles. The zero-order valence-corrected chi connectivity index (χ0v) is 16.2. The Bertz CT molecular complexity index is 670. The fourth-order valence-electron chi connectivity index (χ4n) is 6.08. The van der Waals surface area contributed by atoms with E-state index in [4.69, 9.17) is 9.15 Å². The number of amides is 1. The van der Waals surface area contributed by atoms with Crippen LogP contribution in [0, 0.1) is 11.8 Å². The van der Waals surface area contributed by atoms with Crippen LogP contribution in [0.5, 0.6) is 0 Å². The van der Waals surface area contributed by atoms with E-state index >= 15 is 0 Å². The van der Waals surface area contributed by atoms with Gasteiger partial charge in [0.2, 0.25) is 0 Å². The minimum absolute atomic E-state index is 0.0482. The third-order valence-corrected chi connectivity index (χ3v) is 7.57. The molecule has 0 radical (unpaired) electrons. The Labute approximate surface area is 161 Å². The summed E-state index contributed by atoms with van der Waals surface area (Å²) in [5, 5.41) is 3.09. The highest BCUT2D eigenvalue weighted by Gasteiger charge is 2.63. The summed E-state index contributed by atoms with van der Waals surface area (Å²) >= 11 is 0. The molecule has 0 aromatic carbocycles. The number of fused-ring (bicyclic) bond motifs is 1. The Hall–Kier alpha value is -1.37. The van der Waals surface area contributed by atoms with Gasteiger partial charge in [0.15, 0.2) is 5.76 Å². The van der Waals surface area contributed by atoms with Crippen molar-refractivity contribution < 1.29 is 13.9 Å². The number of rotatable bonds is 5. The largest absolute Gasteiger partial charge is 0.459 e. The number of hydrogen-bond donors (Lipinski definition) is 1. The van der Waals surface area contributed by atoms with E-state index in [0.29, 0.717) is 36.3 Å². The molecule has 6 heteroatoms. The summed E-state index contributed by atoms with van der Waals surface area (Å²) in [7, 11) is 0. The van der Waals surface area contributed by atoms with E-state index in [1.807, 2.05) is 0 Å². The highest BCUT2D eigenvalue weighted by molar-refractivity contribution is 5.91. The normalized spacial score (nSPS) is 37.0. The molecule has 0 unspecified atom stereocenters. The van der Waals surface area contributed by atoms with Gasteiger partial charge in [-0.05, 0) is 57.5 Å². The predicted octanol–water partition coefficient (Wildman–Crippen LogP) is 1.97. The van der Waals surface area contributed by atoms with Crippen molar-refractivity contribution in [1.82, 2.24) is 15.1 Å². The van der Waals surface area contributed by atoms with Crippen LogP contribution in [0.2, 0.25) is 0 Å². The van der Waals surface area contributed by atoms with Crippen molar-refractivity contribution in [2.24, 2.45) is 11.8 Å². The molecule has 4 saturated heterocycles. The predicted molar refractivity (Wildman–Crippen MR) is 102 cm³/mol. The van der Waals surface area contributed by atoms with Gasteiger partial charge in [-0.2, -0.15) is 0 Å². The van der Waals surface area contributed by atoms with Gasteiger partial charge < -0.3 is 19.4 Å². The molecule has 1 spiro atoms. The van der Waals surface area contributed by atoms with Crippen LogP contribution in [0.15, 0.2) is 22.8 Å². The first-order valence-corrected chi connectivity index (χ1v) is 10.6. The van der Waals surface area contributed by atoms with Gasteiger partial charge in [-0.25, -0.2) is 0 Å². The van der Waals surface area contributed by atoms with E-state index in [9.17, 15) is 4.79 Å². The molecule has 4 aliphatic heterocycles. The number of ether oxygens (including phenoxy) is 1. The van der Waals surface area contributed by atoms with E-state index in [0.717, 1.165) is 19.5 Å². The van der Waals surface area contributed by atoms with Crippen LogP contribution < -0.4 is 5.32 Å². The molecule has 148 valence electrons. The van der Waals surface area contributed by atoms with Gasteiger partial charge in [-0.3, -0.25) is 9.69 Å². The summed E-state index contributed by atoms with van der Waals surface area (Å²) in [6, 6.07) is 4.17. The molecule has 5 heterocycles. The van der Waals surface area contributed by atoms with Crippen molar-refractivity contribution >= 4 is 5.91 Å². The quantitative estimate of drug-likeness (QED) is 0.855. The van der Waals surface area contributed by atoms with Crippen LogP contribution in [-0.4, -0.2) is 72.7 Å². The lowest BCUT2D eigenvalue weighted by Crippen LogP contribution is -2.45. The molecule has 4 aliphatic rings. The SMILES string of the molecule is CCN1CCC(N2C[C@@H]3[C@H](CNC(=O)c4ccco4)[C@H]4CC[C@]3(C2)O4)CC1. The van der Waals surface area contributed by atoms with Crippen LogP contribution in [0.4, 0.5) is 0 Å². The fourth-order valence-corrected chi connectivity index (χ4v) is 6.08. The molecular formula is C21H31N3O3. The zero-order valence-electron chi connectivity index (χ0n) is 16.2. The molecule has 4 atom stereocenters. The first kappa shape index (κ1) is 17.7. The van der Waals surface area contributed by atoms with Crippen molar-refractivity contribution in [2.75, 3.05) is 39.3 Å². The maximum absolute atomic E-state index is 12.3. The standard InChI is InChI=1S/C21H31N3O3/c1-2-23-9-6-15(7-10-23)24-13-17-16(18-5-8-21(17,14-24)27-18)12-22-20(25)19-4-3-11-26-19/h3-4,11,15-18H,2,5-10,12-14H2,1H3,(H,22,25)/t16-,17+,18+,21+/m0/s1. The minimum Gasteiger partial charge on any atom is -0.459 e. The Balaban J connectivity index is 1.22. The molecule has 27 heavy (non-hydrogen) atoms. The van der Waals surface area contributed by atoms with Crippen molar-refractivity contribution in [2.45, 2.75) is 50.4 Å². The number of nitrogens with zero attached hydrogens (tertiary/aromatic N) is 2. The van der Waals surface area contributed by atoms with Crippen molar-refractivity contribution in [3.63, 3.8) is 0 Å². The average Bonchev–Trinajstić information content (AvgIpc) is 3.46. The summed E-state index contributed by atoms with van der Waals surface area (Å²) in [4.78, 5) is 17.5. The lowest BCUT2D eigenvalue weighted by atomic mass is 9.73. The number of nitrogens with one attached hydrogen (secondary N) is 1. The lowest BCUT2D eigenvalue weighted by Gasteiger charge is -2.37. The average molecular weight is 373 g/mol. The molecule has 4 fully saturated rings. The second-order valence-corrected chi connectivity index (χ2v) is 8.81. The maximum atomic E-state index is 12.3. The lowest BCUT2D eigenvalue weighted by molar-refractivity contribution is -0.00456. The summed E-state index contributed by atoms with van der Waals surface area (Å²) in [6.07, 6.45) is 6.74. The van der Waals surface area contributed by atoms with Crippen molar-refractivity contribution in [1.29, 1.82) is 0 Å². The summed E-state index contributed by atoms with van der Waals surface area (Å²) in [5.74, 6) is 1.26. The van der Waals surface area contributed by atoms with E-state index in [1.54, 1.807) is 18.4 Å². The molecule has 1 aromatic rings. The minimum atomic E-state index is -0.112. The van der Waals surface area contributed by atoms with Gasteiger partial charge in [0, 0.05) is 37.5 Å². The molecular weight excluding hydrogens is 342 g/mol. The Morgan fingerprint density at radius 3 is 2.93 bits per heavy atom. The van der Waals surface area contributed by atoms with Crippen molar-refractivity contribution in [3.8, 4) is 0 Å². The third kappa shape index (κ3) is 3.02. The highest BCUT2D eigenvalue weighted by Crippen LogP contribution is 2.55.